The van der Waals surface area contributed by atoms with Crippen molar-refractivity contribution in [3.05, 3.63) is 47.0 Å². The van der Waals surface area contributed by atoms with E-state index >= 15 is 0 Å². The highest BCUT2D eigenvalue weighted by atomic mass is 35.5. The van der Waals surface area contributed by atoms with E-state index in [-0.39, 0.29) is 6.42 Å². The number of aryl methyl sites for hydroxylation is 2. The quantitative estimate of drug-likeness (QED) is 0.924. The molecule has 2 aromatic rings. The number of carboxylic acid groups (broad SMARTS) is 1. The fourth-order valence-corrected chi connectivity index (χ4v) is 1.97. The topological polar surface area (TPSA) is 55.1 Å². The van der Waals surface area contributed by atoms with Crippen LogP contribution in [0.25, 0.3) is 5.69 Å². The van der Waals surface area contributed by atoms with Crippen molar-refractivity contribution in [2.24, 2.45) is 0 Å². The van der Waals surface area contributed by atoms with Crippen LogP contribution in [0.4, 0.5) is 0 Å². The molecular formula is C13H13ClN2O2. The number of hydrogen-bond donors (Lipinski definition) is 1. The molecule has 0 saturated carbocycles. The fourth-order valence-electron chi connectivity index (χ4n) is 1.76. The molecule has 0 aliphatic heterocycles. The summed E-state index contributed by atoms with van der Waals surface area (Å²) in [7, 11) is 0. The van der Waals surface area contributed by atoms with E-state index in [1.54, 1.807) is 18.6 Å². The predicted octanol–water partition coefficient (Wildman–Crippen LogP) is 2.85. The van der Waals surface area contributed by atoms with Crippen molar-refractivity contribution in [1.82, 2.24) is 9.55 Å². The van der Waals surface area contributed by atoms with Crippen molar-refractivity contribution in [3.8, 4) is 5.69 Å². The average molecular weight is 265 g/mol. The van der Waals surface area contributed by atoms with Gasteiger partial charge < -0.3 is 9.67 Å². The third-order valence-electron chi connectivity index (χ3n) is 2.72. The zero-order chi connectivity index (χ0) is 13.1. The van der Waals surface area contributed by atoms with Crippen LogP contribution in [0.5, 0.6) is 0 Å². The number of carboxylic acids is 1. The molecule has 0 radical (unpaired) electrons. The number of halogens is 1. The summed E-state index contributed by atoms with van der Waals surface area (Å²) in [4.78, 5) is 14.6. The number of aromatic nitrogens is 2. The second-order valence-electron chi connectivity index (χ2n) is 4.08. The Morgan fingerprint density at radius 2 is 2.28 bits per heavy atom. The van der Waals surface area contributed by atoms with Gasteiger partial charge in [0.05, 0.1) is 17.0 Å². The van der Waals surface area contributed by atoms with Crippen molar-refractivity contribution in [1.29, 1.82) is 0 Å². The minimum atomic E-state index is -0.801. The maximum atomic E-state index is 10.6. The lowest BCUT2D eigenvalue weighted by Crippen LogP contribution is -2.00. The minimum absolute atomic E-state index is 0.115. The molecule has 0 unspecified atom stereocenters. The van der Waals surface area contributed by atoms with Gasteiger partial charge in [0.25, 0.3) is 0 Å². The Bertz CT molecular complexity index is 578. The van der Waals surface area contributed by atoms with Gasteiger partial charge in [-0.15, -0.1) is 0 Å². The van der Waals surface area contributed by atoms with Crippen LogP contribution in [-0.4, -0.2) is 20.6 Å². The zero-order valence-electron chi connectivity index (χ0n) is 9.93. The Hall–Kier alpha value is -1.81. The van der Waals surface area contributed by atoms with Crippen molar-refractivity contribution in [3.63, 3.8) is 0 Å². The molecule has 0 fully saturated rings. The molecule has 1 aromatic heterocycles. The number of nitrogens with zero attached hydrogens (tertiary/aromatic N) is 2. The first-order valence-electron chi connectivity index (χ1n) is 5.57. The number of carbonyl (C=O) groups is 1. The standard InChI is InChI=1S/C13H13ClN2O2/c1-9-7-15-8-16(9)12-6-10(2-4-11(12)14)3-5-13(17)18/h2,4,6-8H,3,5H2,1H3,(H,17,18). The summed E-state index contributed by atoms with van der Waals surface area (Å²) >= 11 is 6.16. The highest BCUT2D eigenvalue weighted by Gasteiger charge is 2.07. The van der Waals surface area contributed by atoms with E-state index in [4.69, 9.17) is 16.7 Å². The molecule has 0 atom stereocenters. The van der Waals surface area contributed by atoms with Crippen LogP contribution in [0.2, 0.25) is 5.02 Å². The fraction of sp³-hybridized carbons (Fsp3) is 0.231. The summed E-state index contributed by atoms with van der Waals surface area (Å²) in [5, 5.41) is 9.31. The maximum Gasteiger partial charge on any atom is 0.303 e. The van der Waals surface area contributed by atoms with Gasteiger partial charge in [-0.05, 0) is 31.0 Å². The summed E-state index contributed by atoms with van der Waals surface area (Å²) in [6, 6.07) is 5.54. The van der Waals surface area contributed by atoms with Gasteiger partial charge in [-0.2, -0.15) is 0 Å². The van der Waals surface area contributed by atoms with Gasteiger partial charge in [0.15, 0.2) is 0 Å². The average Bonchev–Trinajstić information content (AvgIpc) is 2.74. The summed E-state index contributed by atoms with van der Waals surface area (Å²) in [5.74, 6) is -0.801. The minimum Gasteiger partial charge on any atom is -0.481 e. The van der Waals surface area contributed by atoms with Crippen molar-refractivity contribution >= 4 is 17.6 Å². The Balaban J connectivity index is 2.33. The third kappa shape index (κ3) is 2.71. The highest BCUT2D eigenvalue weighted by Crippen LogP contribution is 2.23. The van der Waals surface area contributed by atoms with E-state index in [1.165, 1.54) is 0 Å². The number of aliphatic carboxylic acids is 1. The Kier molecular flexibility index (Phi) is 3.67. The van der Waals surface area contributed by atoms with Crippen molar-refractivity contribution in [2.75, 3.05) is 0 Å². The number of imidazole rings is 1. The van der Waals surface area contributed by atoms with Gasteiger partial charge in [-0.3, -0.25) is 4.79 Å². The monoisotopic (exact) mass is 264 g/mol. The molecule has 0 aliphatic rings. The maximum absolute atomic E-state index is 10.6. The summed E-state index contributed by atoms with van der Waals surface area (Å²) in [6.45, 7) is 1.94. The van der Waals surface area contributed by atoms with Gasteiger partial charge >= 0.3 is 5.97 Å². The van der Waals surface area contributed by atoms with Crippen LogP contribution in [-0.2, 0) is 11.2 Å². The van der Waals surface area contributed by atoms with Gasteiger partial charge in [0.2, 0.25) is 0 Å². The number of rotatable bonds is 4. The van der Waals surface area contributed by atoms with Gasteiger partial charge in [-0.25, -0.2) is 4.98 Å². The van der Waals surface area contributed by atoms with Gasteiger partial charge in [-0.1, -0.05) is 17.7 Å². The largest absolute Gasteiger partial charge is 0.481 e. The van der Waals surface area contributed by atoms with Crippen LogP contribution in [0.15, 0.2) is 30.7 Å². The van der Waals surface area contributed by atoms with Crippen LogP contribution < -0.4 is 0 Å². The first-order valence-corrected chi connectivity index (χ1v) is 5.95. The van der Waals surface area contributed by atoms with Crippen molar-refractivity contribution in [2.45, 2.75) is 19.8 Å². The van der Waals surface area contributed by atoms with E-state index in [9.17, 15) is 4.79 Å². The van der Waals surface area contributed by atoms with Gasteiger partial charge in [0, 0.05) is 18.3 Å². The third-order valence-corrected chi connectivity index (χ3v) is 3.04. The molecule has 0 saturated heterocycles. The second kappa shape index (κ2) is 5.23. The molecular weight excluding hydrogens is 252 g/mol. The lowest BCUT2D eigenvalue weighted by atomic mass is 10.1. The molecule has 5 heteroatoms. The van der Waals surface area contributed by atoms with Crippen LogP contribution in [0.3, 0.4) is 0 Å². The highest BCUT2D eigenvalue weighted by molar-refractivity contribution is 6.32. The van der Waals surface area contributed by atoms with E-state index in [2.05, 4.69) is 4.98 Å². The molecule has 1 heterocycles. The SMILES string of the molecule is Cc1cncn1-c1cc(CCC(=O)O)ccc1Cl. The van der Waals surface area contributed by atoms with E-state index in [0.717, 1.165) is 16.9 Å². The van der Waals surface area contributed by atoms with Gasteiger partial charge in [0.1, 0.15) is 0 Å². The molecule has 18 heavy (non-hydrogen) atoms. The first-order chi connectivity index (χ1) is 8.58. The molecule has 1 aromatic carbocycles. The summed E-state index contributed by atoms with van der Waals surface area (Å²) in [6.07, 6.45) is 4.05. The normalized spacial score (nSPS) is 10.6. The lowest BCUT2D eigenvalue weighted by Gasteiger charge is -2.09. The van der Waals surface area contributed by atoms with E-state index in [0.29, 0.717) is 11.4 Å². The number of hydrogen-bond acceptors (Lipinski definition) is 2. The molecule has 4 nitrogen and oxygen atoms in total. The van der Waals surface area contributed by atoms with Crippen LogP contribution in [0.1, 0.15) is 17.7 Å². The molecule has 94 valence electrons. The molecule has 0 amide bonds. The molecule has 0 bridgehead atoms. The van der Waals surface area contributed by atoms with Crippen LogP contribution >= 0.6 is 11.6 Å². The smallest absolute Gasteiger partial charge is 0.303 e. The second-order valence-corrected chi connectivity index (χ2v) is 4.49. The molecule has 0 spiro atoms. The molecule has 0 aliphatic carbocycles. The molecule has 1 N–H and O–H groups in total. The molecule has 2 rings (SSSR count). The zero-order valence-corrected chi connectivity index (χ0v) is 10.7. The summed E-state index contributed by atoms with van der Waals surface area (Å²) < 4.78 is 1.88. The summed E-state index contributed by atoms with van der Waals surface area (Å²) in [5.41, 5.74) is 2.76. The Morgan fingerprint density at radius 1 is 1.50 bits per heavy atom. The van der Waals surface area contributed by atoms with E-state index < -0.39 is 5.97 Å². The number of benzene rings is 1. The van der Waals surface area contributed by atoms with E-state index in [1.807, 2.05) is 23.6 Å². The Labute approximate surface area is 110 Å². The van der Waals surface area contributed by atoms with Crippen LogP contribution in [0, 0.1) is 6.92 Å². The lowest BCUT2D eigenvalue weighted by molar-refractivity contribution is -0.136. The predicted molar refractivity (Wildman–Crippen MR) is 69.3 cm³/mol. The first kappa shape index (κ1) is 12.6. The van der Waals surface area contributed by atoms with Crippen molar-refractivity contribution < 1.29 is 9.90 Å². The Morgan fingerprint density at radius 3 is 2.89 bits per heavy atom.